The number of aliphatic hydroxyl groups excluding tert-OH is 1. The molecule has 3 rings (SSSR count). The summed E-state index contributed by atoms with van der Waals surface area (Å²) in [6, 6.07) is 9.08. The fourth-order valence-corrected chi connectivity index (χ4v) is 2.33. The summed E-state index contributed by atoms with van der Waals surface area (Å²) in [6.45, 7) is 3.40. The third kappa shape index (κ3) is 2.71. The first-order valence-electron chi connectivity index (χ1n) is 6.91. The number of imidazole rings is 1. The zero-order chi connectivity index (χ0) is 15.7. The number of para-hydroxylation sites is 2. The zero-order valence-electron chi connectivity index (χ0n) is 12.3. The molecule has 0 saturated heterocycles. The molecule has 0 aliphatic carbocycles. The topological polar surface area (TPSA) is 93.2 Å². The maximum absolute atomic E-state index is 12.2. The molecule has 1 unspecified atom stereocenters. The Labute approximate surface area is 126 Å². The fraction of sp³-hybridized carbons (Fsp3) is 0.267. The second kappa shape index (κ2) is 5.61. The van der Waals surface area contributed by atoms with Crippen LogP contribution in [0.15, 0.2) is 34.9 Å². The summed E-state index contributed by atoms with van der Waals surface area (Å²) in [6.07, 6.45) is -0.769. The molecule has 0 radical (unpaired) electrons. The van der Waals surface area contributed by atoms with Gasteiger partial charge in [0.25, 0.3) is 0 Å². The molecule has 0 saturated carbocycles. The van der Waals surface area contributed by atoms with Gasteiger partial charge in [0.1, 0.15) is 24.2 Å². The number of aromatic nitrogens is 3. The number of rotatable bonds is 4. The smallest absolute Gasteiger partial charge is 0.245 e. The van der Waals surface area contributed by atoms with Gasteiger partial charge in [-0.15, -0.1) is 0 Å². The van der Waals surface area contributed by atoms with Crippen molar-refractivity contribution in [2.24, 2.45) is 0 Å². The van der Waals surface area contributed by atoms with Crippen molar-refractivity contribution < 1.29 is 14.4 Å². The van der Waals surface area contributed by atoms with Crippen LogP contribution in [0.1, 0.15) is 24.6 Å². The molecule has 2 aromatic heterocycles. The van der Waals surface area contributed by atoms with E-state index >= 15 is 0 Å². The molecule has 2 heterocycles. The number of nitrogens with zero attached hydrogens (tertiary/aromatic N) is 3. The van der Waals surface area contributed by atoms with Gasteiger partial charge in [0.15, 0.2) is 5.82 Å². The molecule has 0 aliphatic rings. The maximum atomic E-state index is 12.2. The monoisotopic (exact) mass is 300 g/mol. The quantitative estimate of drug-likeness (QED) is 0.769. The lowest BCUT2D eigenvalue weighted by molar-refractivity contribution is -0.116. The predicted octanol–water partition coefficient (Wildman–Crippen LogP) is 2.02. The lowest BCUT2D eigenvalue weighted by Crippen LogP contribution is -2.21. The number of hydrogen-bond acceptors (Lipinski definition) is 5. The number of nitrogens with one attached hydrogen (secondary N) is 1. The van der Waals surface area contributed by atoms with Crippen LogP contribution in [0.25, 0.3) is 11.0 Å². The number of aryl methyl sites for hydroxylation is 1. The zero-order valence-corrected chi connectivity index (χ0v) is 12.3. The van der Waals surface area contributed by atoms with Gasteiger partial charge in [0.2, 0.25) is 5.91 Å². The number of carbonyl (C=O) groups excluding carboxylic acids is 1. The van der Waals surface area contributed by atoms with Gasteiger partial charge >= 0.3 is 0 Å². The molecule has 3 aromatic rings. The molecule has 0 spiro atoms. The van der Waals surface area contributed by atoms with Gasteiger partial charge in [0.05, 0.1) is 11.0 Å². The Morgan fingerprint density at radius 2 is 2.23 bits per heavy atom. The first-order chi connectivity index (χ1) is 10.5. The number of benzene rings is 1. The van der Waals surface area contributed by atoms with E-state index in [0.29, 0.717) is 17.4 Å². The molecule has 114 valence electrons. The standard InChI is InChI=1S/C15H16N4O3/c1-9-7-13(18-22-9)17-14(21)8-19-12-6-4-3-5-11(12)16-15(19)10(2)20/h3-7,10,20H,8H2,1-2H3,(H,17,18,21). The van der Waals surface area contributed by atoms with Gasteiger partial charge in [-0.3, -0.25) is 4.79 Å². The van der Waals surface area contributed by atoms with Crippen molar-refractivity contribution in [3.8, 4) is 0 Å². The minimum Gasteiger partial charge on any atom is -0.385 e. The van der Waals surface area contributed by atoms with Gasteiger partial charge in [-0.1, -0.05) is 17.3 Å². The Balaban J connectivity index is 1.89. The summed E-state index contributed by atoms with van der Waals surface area (Å²) >= 11 is 0. The van der Waals surface area contributed by atoms with Crippen molar-refractivity contribution >= 4 is 22.8 Å². The Hall–Kier alpha value is -2.67. The third-order valence-corrected chi connectivity index (χ3v) is 3.25. The van der Waals surface area contributed by atoms with Crippen LogP contribution in [0.3, 0.4) is 0 Å². The molecular weight excluding hydrogens is 284 g/mol. The number of aliphatic hydroxyl groups is 1. The number of carbonyl (C=O) groups is 1. The normalized spacial score (nSPS) is 12.5. The lowest BCUT2D eigenvalue weighted by atomic mass is 10.3. The molecule has 1 atom stereocenters. The first-order valence-corrected chi connectivity index (χ1v) is 6.91. The van der Waals surface area contributed by atoms with E-state index in [9.17, 15) is 9.90 Å². The molecule has 0 fully saturated rings. The number of hydrogen-bond donors (Lipinski definition) is 2. The van der Waals surface area contributed by atoms with E-state index in [1.807, 2.05) is 24.3 Å². The second-order valence-corrected chi connectivity index (χ2v) is 5.09. The summed E-state index contributed by atoms with van der Waals surface area (Å²) in [5.74, 6) is 1.17. The maximum Gasteiger partial charge on any atom is 0.245 e. The number of amides is 1. The molecule has 1 amide bonds. The number of fused-ring (bicyclic) bond motifs is 1. The van der Waals surface area contributed by atoms with Crippen LogP contribution < -0.4 is 5.32 Å². The summed E-state index contributed by atoms with van der Waals surface area (Å²) in [7, 11) is 0. The van der Waals surface area contributed by atoms with E-state index in [-0.39, 0.29) is 12.5 Å². The summed E-state index contributed by atoms with van der Waals surface area (Å²) in [4.78, 5) is 16.6. The minimum absolute atomic E-state index is 0.0344. The summed E-state index contributed by atoms with van der Waals surface area (Å²) < 4.78 is 6.61. The third-order valence-electron chi connectivity index (χ3n) is 3.25. The first kappa shape index (κ1) is 14.3. The average Bonchev–Trinajstić information content (AvgIpc) is 3.03. The van der Waals surface area contributed by atoms with Crippen LogP contribution in [-0.4, -0.2) is 25.7 Å². The van der Waals surface area contributed by atoms with Gasteiger partial charge in [-0.05, 0) is 26.0 Å². The van der Waals surface area contributed by atoms with Crippen LogP contribution >= 0.6 is 0 Å². The van der Waals surface area contributed by atoms with Crippen LogP contribution in [0, 0.1) is 6.92 Å². The van der Waals surface area contributed by atoms with Gasteiger partial charge < -0.3 is 19.5 Å². The highest BCUT2D eigenvalue weighted by Crippen LogP contribution is 2.20. The Morgan fingerprint density at radius 1 is 1.45 bits per heavy atom. The average molecular weight is 300 g/mol. The van der Waals surface area contributed by atoms with Crippen molar-refractivity contribution in [1.82, 2.24) is 14.7 Å². The highest BCUT2D eigenvalue weighted by Gasteiger charge is 2.17. The van der Waals surface area contributed by atoms with Crippen molar-refractivity contribution in [2.45, 2.75) is 26.5 Å². The molecular formula is C15H16N4O3. The van der Waals surface area contributed by atoms with Crippen molar-refractivity contribution in [1.29, 1.82) is 0 Å². The van der Waals surface area contributed by atoms with Crippen LogP contribution in [-0.2, 0) is 11.3 Å². The Kier molecular flexibility index (Phi) is 3.64. The molecule has 7 nitrogen and oxygen atoms in total. The van der Waals surface area contributed by atoms with E-state index in [0.717, 1.165) is 11.0 Å². The van der Waals surface area contributed by atoms with Gasteiger partial charge in [0, 0.05) is 6.07 Å². The van der Waals surface area contributed by atoms with Crippen molar-refractivity contribution in [3.63, 3.8) is 0 Å². The van der Waals surface area contributed by atoms with Crippen LogP contribution in [0.2, 0.25) is 0 Å². The molecule has 22 heavy (non-hydrogen) atoms. The van der Waals surface area contributed by atoms with Crippen LogP contribution in [0.5, 0.6) is 0 Å². The van der Waals surface area contributed by atoms with Crippen molar-refractivity contribution in [3.05, 3.63) is 41.9 Å². The summed E-state index contributed by atoms with van der Waals surface area (Å²) in [5.41, 5.74) is 1.54. The predicted molar refractivity (Wildman–Crippen MR) is 80.2 cm³/mol. The molecule has 0 bridgehead atoms. The summed E-state index contributed by atoms with van der Waals surface area (Å²) in [5, 5.41) is 16.3. The van der Waals surface area contributed by atoms with E-state index in [1.165, 1.54) is 0 Å². The van der Waals surface area contributed by atoms with Gasteiger partial charge in [-0.25, -0.2) is 4.98 Å². The van der Waals surface area contributed by atoms with E-state index in [4.69, 9.17) is 4.52 Å². The molecule has 0 aliphatic heterocycles. The fourth-order valence-electron chi connectivity index (χ4n) is 2.33. The Bertz CT molecular complexity index is 819. The molecule has 1 aromatic carbocycles. The van der Waals surface area contributed by atoms with Gasteiger partial charge in [-0.2, -0.15) is 0 Å². The van der Waals surface area contributed by atoms with Crippen molar-refractivity contribution in [2.75, 3.05) is 5.32 Å². The highest BCUT2D eigenvalue weighted by molar-refractivity contribution is 5.90. The van der Waals surface area contributed by atoms with E-state index < -0.39 is 6.10 Å². The van der Waals surface area contributed by atoms with E-state index in [1.54, 1.807) is 24.5 Å². The SMILES string of the molecule is Cc1cc(NC(=O)Cn2c(C(C)O)nc3ccccc32)no1. The van der Waals surface area contributed by atoms with Crippen LogP contribution in [0.4, 0.5) is 5.82 Å². The largest absolute Gasteiger partial charge is 0.385 e. The molecule has 2 N–H and O–H groups in total. The Morgan fingerprint density at radius 3 is 2.91 bits per heavy atom. The number of anilines is 1. The minimum atomic E-state index is -0.769. The molecule has 7 heteroatoms. The highest BCUT2D eigenvalue weighted by atomic mass is 16.5. The lowest BCUT2D eigenvalue weighted by Gasteiger charge is -2.10. The second-order valence-electron chi connectivity index (χ2n) is 5.09. The van der Waals surface area contributed by atoms with E-state index in [2.05, 4.69) is 15.5 Å².